The highest BCUT2D eigenvalue weighted by Crippen LogP contribution is 2.39. The summed E-state index contributed by atoms with van der Waals surface area (Å²) in [6.07, 6.45) is 15.1. The monoisotopic (exact) mass is 284 g/mol. The van der Waals surface area contributed by atoms with Crippen molar-refractivity contribution in [3.63, 3.8) is 0 Å². The van der Waals surface area contributed by atoms with Crippen LogP contribution in [0.2, 0.25) is 0 Å². The third kappa shape index (κ3) is 1.77. The molecule has 0 amide bonds. The lowest BCUT2D eigenvalue weighted by molar-refractivity contribution is -0.0497. The van der Waals surface area contributed by atoms with Crippen LogP contribution in [0.5, 0.6) is 0 Å². The molecule has 2 atom stereocenters. The number of ether oxygens (including phenoxy) is 1. The lowest BCUT2D eigenvalue weighted by Gasteiger charge is -2.46. The average molecular weight is 284 g/mol. The van der Waals surface area contributed by atoms with Crippen molar-refractivity contribution >= 4 is 11.5 Å². The van der Waals surface area contributed by atoms with E-state index >= 15 is 0 Å². The number of hydrazone groups is 1. The van der Waals surface area contributed by atoms with Gasteiger partial charge in [-0.1, -0.05) is 6.42 Å². The maximum atomic E-state index is 5.77. The zero-order valence-corrected chi connectivity index (χ0v) is 12.2. The minimum absolute atomic E-state index is 0.154. The van der Waals surface area contributed by atoms with Crippen molar-refractivity contribution in [3.05, 3.63) is 42.9 Å². The Morgan fingerprint density at radius 3 is 3.00 bits per heavy atom. The molecule has 1 fully saturated rings. The summed E-state index contributed by atoms with van der Waals surface area (Å²) in [5, 5.41) is 4.64. The third-order valence-corrected chi connectivity index (χ3v) is 4.71. The number of nitrogens with one attached hydrogen (secondary N) is 1. The highest BCUT2D eigenvalue weighted by Gasteiger charge is 2.51. The van der Waals surface area contributed by atoms with E-state index in [9.17, 15) is 0 Å². The van der Waals surface area contributed by atoms with Gasteiger partial charge in [0.05, 0.1) is 5.70 Å². The van der Waals surface area contributed by atoms with Crippen LogP contribution in [0.1, 0.15) is 25.7 Å². The van der Waals surface area contributed by atoms with Crippen LogP contribution < -0.4 is 5.43 Å². The number of methoxy groups -OCH3 is 1. The number of aromatic nitrogens is 1. The van der Waals surface area contributed by atoms with E-state index in [0.717, 1.165) is 24.4 Å². The molecule has 1 aliphatic carbocycles. The third-order valence-electron chi connectivity index (χ3n) is 4.71. The second-order valence-electron chi connectivity index (χ2n) is 5.80. The zero-order valence-electron chi connectivity index (χ0n) is 12.2. The van der Waals surface area contributed by atoms with E-state index in [2.05, 4.69) is 38.3 Å². The molecule has 1 aromatic rings. The maximum Gasteiger partial charge on any atom is 0.178 e. The summed E-state index contributed by atoms with van der Waals surface area (Å²) < 4.78 is 7.86. The normalized spacial score (nSPS) is 30.9. The highest BCUT2D eigenvalue weighted by atomic mass is 16.5. The van der Waals surface area contributed by atoms with Gasteiger partial charge in [0.2, 0.25) is 0 Å². The summed E-state index contributed by atoms with van der Waals surface area (Å²) in [5.74, 6) is 0.970. The number of allylic oxidation sites excluding steroid dienone is 2. The molecule has 3 aliphatic rings. The molecule has 0 saturated heterocycles. The Morgan fingerprint density at radius 2 is 2.19 bits per heavy atom. The Bertz CT molecular complexity index is 616. The van der Waals surface area contributed by atoms with Gasteiger partial charge in [0.25, 0.3) is 0 Å². The molecule has 1 N–H and O–H groups in total. The van der Waals surface area contributed by atoms with E-state index in [1.54, 1.807) is 7.11 Å². The first kappa shape index (κ1) is 12.7. The highest BCUT2D eigenvalue weighted by molar-refractivity contribution is 6.19. The van der Waals surface area contributed by atoms with E-state index in [1.165, 1.54) is 12.8 Å². The van der Waals surface area contributed by atoms with Gasteiger partial charge >= 0.3 is 0 Å². The Kier molecular flexibility index (Phi) is 2.89. The van der Waals surface area contributed by atoms with Crippen LogP contribution in [0.15, 0.2) is 48.0 Å². The van der Waals surface area contributed by atoms with Gasteiger partial charge in [0, 0.05) is 25.7 Å². The van der Waals surface area contributed by atoms with E-state index in [4.69, 9.17) is 4.74 Å². The number of hydrogen-bond acceptors (Lipinski definition) is 4. The van der Waals surface area contributed by atoms with Crippen LogP contribution in [0.4, 0.5) is 0 Å². The first-order valence-corrected chi connectivity index (χ1v) is 7.54. The van der Waals surface area contributed by atoms with Crippen LogP contribution in [-0.4, -0.2) is 34.2 Å². The van der Waals surface area contributed by atoms with Crippen molar-refractivity contribution in [2.45, 2.75) is 37.5 Å². The first-order chi connectivity index (χ1) is 10.3. The van der Waals surface area contributed by atoms with Gasteiger partial charge in [-0.2, -0.15) is 5.10 Å². The first-order valence-electron chi connectivity index (χ1n) is 7.54. The summed E-state index contributed by atoms with van der Waals surface area (Å²) in [7, 11) is 1.80. The van der Waals surface area contributed by atoms with E-state index in [0.29, 0.717) is 0 Å². The van der Waals surface area contributed by atoms with Crippen LogP contribution in [-0.2, 0) is 4.74 Å². The summed E-state index contributed by atoms with van der Waals surface area (Å²) in [4.78, 5) is 2.26. The van der Waals surface area contributed by atoms with Crippen molar-refractivity contribution in [2.75, 3.05) is 7.11 Å². The number of amidine groups is 1. The Hall–Kier alpha value is -2.01. The zero-order chi connectivity index (χ0) is 14.3. The molecule has 1 saturated carbocycles. The van der Waals surface area contributed by atoms with Crippen molar-refractivity contribution in [1.82, 2.24) is 14.9 Å². The van der Waals surface area contributed by atoms with Gasteiger partial charge in [-0.25, -0.2) is 0 Å². The lowest BCUT2D eigenvalue weighted by Crippen LogP contribution is -2.62. The van der Waals surface area contributed by atoms with Crippen LogP contribution in [0, 0.1) is 0 Å². The van der Waals surface area contributed by atoms with E-state index in [1.807, 2.05) is 24.5 Å². The van der Waals surface area contributed by atoms with Crippen molar-refractivity contribution < 1.29 is 4.74 Å². The Balaban J connectivity index is 1.71. The SMILES string of the molecule is COC1CCCCC12NN=C1C(n3cccc3)=CC=CN12. The molecule has 2 unspecified atom stereocenters. The lowest BCUT2D eigenvalue weighted by atomic mass is 9.85. The van der Waals surface area contributed by atoms with Gasteiger partial charge in [-0.15, -0.1) is 0 Å². The van der Waals surface area contributed by atoms with Crippen molar-refractivity contribution in [2.24, 2.45) is 5.10 Å². The average Bonchev–Trinajstić information content (AvgIpc) is 3.17. The predicted octanol–water partition coefficient (Wildman–Crippen LogP) is 2.36. The molecule has 1 spiro atoms. The molecule has 4 rings (SSSR count). The summed E-state index contributed by atoms with van der Waals surface area (Å²) in [6, 6.07) is 4.06. The molecule has 2 aliphatic heterocycles. The standard InChI is InChI=1S/C16H20N4O/c1-21-14-8-2-3-9-16(14)18-17-15-13(7-6-12-20(15)16)19-10-4-5-11-19/h4-7,10-12,14,18H,2-3,8-9H2,1H3. The molecule has 0 aromatic carbocycles. The minimum Gasteiger partial charge on any atom is -0.377 e. The number of rotatable bonds is 2. The van der Waals surface area contributed by atoms with Gasteiger partial charge in [0.15, 0.2) is 11.5 Å². The number of nitrogens with zero attached hydrogens (tertiary/aromatic N) is 3. The van der Waals surface area contributed by atoms with Crippen LogP contribution >= 0.6 is 0 Å². The Morgan fingerprint density at radius 1 is 1.33 bits per heavy atom. The molecule has 5 heteroatoms. The van der Waals surface area contributed by atoms with Gasteiger partial charge in [-0.3, -0.25) is 5.43 Å². The molecular weight excluding hydrogens is 264 g/mol. The quantitative estimate of drug-likeness (QED) is 0.906. The molecule has 110 valence electrons. The Labute approximate surface area is 124 Å². The number of fused-ring (bicyclic) bond motifs is 2. The largest absolute Gasteiger partial charge is 0.377 e. The molecule has 0 radical (unpaired) electrons. The predicted molar refractivity (Wildman–Crippen MR) is 82.3 cm³/mol. The summed E-state index contributed by atoms with van der Waals surface area (Å²) in [5.41, 5.74) is 4.25. The van der Waals surface area contributed by atoms with Crippen LogP contribution in [0.3, 0.4) is 0 Å². The van der Waals surface area contributed by atoms with Crippen molar-refractivity contribution in [3.8, 4) is 0 Å². The minimum atomic E-state index is -0.231. The van der Waals surface area contributed by atoms with Gasteiger partial charge < -0.3 is 14.2 Å². The fraction of sp³-hybridized carbons (Fsp3) is 0.438. The molecule has 0 bridgehead atoms. The molecule has 1 aromatic heterocycles. The molecule has 3 heterocycles. The smallest absolute Gasteiger partial charge is 0.178 e. The van der Waals surface area contributed by atoms with Crippen LogP contribution in [0.25, 0.3) is 5.70 Å². The second kappa shape index (κ2) is 4.77. The fourth-order valence-corrected chi connectivity index (χ4v) is 3.66. The van der Waals surface area contributed by atoms with Gasteiger partial charge in [0.1, 0.15) is 6.10 Å². The molecule has 21 heavy (non-hydrogen) atoms. The van der Waals surface area contributed by atoms with E-state index < -0.39 is 0 Å². The molecule has 5 nitrogen and oxygen atoms in total. The second-order valence-corrected chi connectivity index (χ2v) is 5.80. The van der Waals surface area contributed by atoms with E-state index in [-0.39, 0.29) is 11.8 Å². The molecular formula is C16H20N4O. The van der Waals surface area contributed by atoms with Crippen molar-refractivity contribution in [1.29, 1.82) is 0 Å². The topological polar surface area (TPSA) is 41.8 Å². The summed E-state index contributed by atoms with van der Waals surface area (Å²) in [6.45, 7) is 0. The van der Waals surface area contributed by atoms with Gasteiger partial charge in [-0.05, 0) is 43.5 Å². The fourth-order valence-electron chi connectivity index (χ4n) is 3.66. The number of hydrogen-bond donors (Lipinski definition) is 1. The maximum absolute atomic E-state index is 5.77. The summed E-state index contributed by atoms with van der Waals surface area (Å²) >= 11 is 0.